The molecule has 0 spiro atoms. The van der Waals surface area contributed by atoms with Crippen molar-refractivity contribution in [2.45, 2.75) is 6.42 Å². The lowest BCUT2D eigenvalue weighted by atomic mass is 10.1. The minimum atomic E-state index is -0.853. The Hall–Kier alpha value is -1.37. The Morgan fingerprint density at radius 2 is 2.19 bits per heavy atom. The molecule has 1 aliphatic heterocycles. The Balaban J connectivity index is 0.00000220. The van der Waals surface area contributed by atoms with Gasteiger partial charge in [-0.25, -0.2) is 4.39 Å². The Kier molecular flexibility index (Phi) is 6.39. The maximum Gasteiger partial charge on any atom is 0.307 e. The van der Waals surface area contributed by atoms with Crippen molar-refractivity contribution in [3.05, 3.63) is 29.0 Å². The third kappa shape index (κ3) is 4.84. The zero-order valence-corrected chi connectivity index (χ0v) is 12.6. The Morgan fingerprint density at radius 3 is 2.81 bits per heavy atom. The number of amides is 1. The van der Waals surface area contributed by atoms with Crippen LogP contribution >= 0.6 is 24.0 Å². The fourth-order valence-corrected chi connectivity index (χ4v) is 2.34. The van der Waals surface area contributed by atoms with Crippen LogP contribution in [-0.4, -0.2) is 41.5 Å². The summed E-state index contributed by atoms with van der Waals surface area (Å²) in [6, 6.07) is 3.90. The maximum atomic E-state index is 13.4. The van der Waals surface area contributed by atoms with Crippen LogP contribution in [0.4, 0.5) is 10.1 Å². The Bertz CT molecular complexity index is 542. The quantitative estimate of drug-likeness (QED) is 0.884. The van der Waals surface area contributed by atoms with Crippen LogP contribution < -0.4 is 5.32 Å². The van der Waals surface area contributed by atoms with E-state index in [1.165, 1.54) is 18.2 Å². The largest absolute Gasteiger partial charge is 0.481 e. The van der Waals surface area contributed by atoms with Gasteiger partial charge in [0.1, 0.15) is 5.82 Å². The van der Waals surface area contributed by atoms with E-state index < -0.39 is 23.6 Å². The molecule has 1 heterocycles. The summed E-state index contributed by atoms with van der Waals surface area (Å²) >= 11 is 5.73. The number of carboxylic acid groups (broad SMARTS) is 1. The predicted molar refractivity (Wildman–Crippen MR) is 79.5 cm³/mol. The van der Waals surface area contributed by atoms with E-state index in [-0.39, 0.29) is 24.6 Å². The average molecular weight is 337 g/mol. The van der Waals surface area contributed by atoms with Gasteiger partial charge >= 0.3 is 5.97 Å². The second kappa shape index (κ2) is 7.59. The molecule has 2 N–H and O–H groups in total. The summed E-state index contributed by atoms with van der Waals surface area (Å²) in [5.74, 6) is -2.25. The highest BCUT2D eigenvalue weighted by Crippen LogP contribution is 2.20. The molecule has 0 bridgehead atoms. The van der Waals surface area contributed by atoms with Gasteiger partial charge in [0.15, 0.2) is 0 Å². The maximum absolute atomic E-state index is 13.4. The van der Waals surface area contributed by atoms with Crippen LogP contribution in [0.25, 0.3) is 0 Å². The van der Waals surface area contributed by atoms with Gasteiger partial charge < -0.3 is 10.4 Å². The van der Waals surface area contributed by atoms with Crippen LogP contribution in [0.15, 0.2) is 18.2 Å². The van der Waals surface area contributed by atoms with Crippen molar-refractivity contribution in [2.24, 2.45) is 5.92 Å². The first-order chi connectivity index (χ1) is 9.45. The lowest BCUT2D eigenvalue weighted by Gasteiger charge is -2.15. The molecular formula is C13H15Cl2FN2O3. The topological polar surface area (TPSA) is 69.6 Å². The fraction of sp³-hybridized carbons (Fsp3) is 0.385. The lowest BCUT2D eigenvalue weighted by molar-refractivity contribution is -0.141. The number of carbonyl (C=O) groups excluding carboxylic acids is 1. The first-order valence-corrected chi connectivity index (χ1v) is 6.53. The molecule has 116 valence electrons. The second-order valence-corrected chi connectivity index (χ2v) is 5.17. The summed E-state index contributed by atoms with van der Waals surface area (Å²) in [5, 5.41) is 11.6. The molecule has 0 aromatic heterocycles. The van der Waals surface area contributed by atoms with Crippen molar-refractivity contribution in [1.29, 1.82) is 0 Å². The molecule has 1 unspecified atom stereocenters. The molecule has 1 aliphatic rings. The van der Waals surface area contributed by atoms with Crippen molar-refractivity contribution in [3.8, 4) is 0 Å². The van der Waals surface area contributed by atoms with Gasteiger partial charge in [0, 0.05) is 11.6 Å². The fourth-order valence-electron chi connectivity index (χ4n) is 2.16. The summed E-state index contributed by atoms with van der Waals surface area (Å²) in [5.41, 5.74) is 0.0245. The number of hydrogen-bond donors (Lipinski definition) is 2. The molecule has 0 aliphatic carbocycles. The van der Waals surface area contributed by atoms with E-state index in [2.05, 4.69) is 5.32 Å². The third-order valence-electron chi connectivity index (χ3n) is 3.19. The number of nitrogens with one attached hydrogen (secondary N) is 1. The van der Waals surface area contributed by atoms with E-state index >= 15 is 0 Å². The van der Waals surface area contributed by atoms with Gasteiger partial charge in [0.25, 0.3) is 0 Å². The summed E-state index contributed by atoms with van der Waals surface area (Å²) in [4.78, 5) is 24.3. The van der Waals surface area contributed by atoms with Crippen molar-refractivity contribution < 1.29 is 19.1 Å². The van der Waals surface area contributed by atoms with Gasteiger partial charge in [0.05, 0.1) is 18.2 Å². The number of likely N-dealkylation sites (tertiary alicyclic amines) is 1. The van der Waals surface area contributed by atoms with Crippen molar-refractivity contribution in [2.75, 3.05) is 25.0 Å². The molecule has 1 aromatic carbocycles. The summed E-state index contributed by atoms with van der Waals surface area (Å²) in [6.07, 6.45) is 0.522. The molecule has 0 radical (unpaired) electrons. The van der Waals surface area contributed by atoms with Crippen molar-refractivity contribution in [1.82, 2.24) is 4.90 Å². The van der Waals surface area contributed by atoms with E-state index in [4.69, 9.17) is 16.7 Å². The van der Waals surface area contributed by atoms with Gasteiger partial charge in [-0.2, -0.15) is 0 Å². The first kappa shape index (κ1) is 17.7. The van der Waals surface area contributed by atoms with Crippen LogP contribution in [-0.2, 0) is 9.59 Å². The van der Waals surface area contributed by atoms with Crippen LogP contribution in [0.1, 0.15) is 6.42 Å². The molecule has 1 fully saturated rings. The molecule has 0 saturated carbocycles. The van der Waals surface area contributed by atoms with Crippen molar-refractivity contribution >= 4 is 41.6 Å². The molecule has 8 heteroatoms. The van der Waals surface area contributed by atoms with Gasteiger partial charge in [-0.1, -0.05) is 11.6 Å². The van der Waals surface area contributed by atoms with Crippen LogP contribution in [0.3, 0.4) is 0 Å². The summed E-state index contributed by atoms with van der Waals surface area (Å²) in [7, 11) is 0. The minimum Gasteiger partial charge on any atom is -0.481 e. The zero-order valence-electron chi connectivity index (χ0n) is 11.0. The monoisotopic (exact) mass is 336 g/mol. The van der Waals surface area contributed by atoms with Gasteiger partial charge in [-0.15, -0.1) is 12.4 Å². The average Bonchev–Trinajstić information content (AvgIpc) is 2.82. The summed E-state index contributed by atoms with van der Waals surface area (Å²) in [6.45, 7) is 0.916. The number of carboxylic acids is 1. The first-order valence-electron chi connectivity index (χ1n) is 6.16. The molecule has 5 nitrogen and oxygen atoms in total. The standard InChI is InChI=1S/C13H14ClFN2O3.ClH/c14-9-1-2-10(15)11(5-9)16-12(18)7-17-4-3-8(6-17)13(19)20;/h1-2,5,8H,3-4,6-7H2,(H,16,18)(H,19,20);1H. The van der Waals surface area contributed by atoms with Crippen LogP contribution in [0.5, 0.6) is 0 Å². The molecule has 1 saturated heterocycles. The normalized spacial score (nSPS) is 18.1. The number of halogens is 3. The number of anilines is 1. The van der Waals surface area contributed by atoms with Crippen molar-refractivity contribution in [3.63, 3.8) is 0 Å². The molecule has 1 amide bonds. The van der Waals surface area contributed by atoms with E-state index in [1.54, 1.807) is 4.90 Å². The van der Waals surface area contributed by atoms with E-state index in [9.17, 15) is 14.0 Å². The molecule has 1 aromatic rings. The number of nitrogens with zero attached hydrogens (tertiary/aromatic N) is 1. The third-order valence-corrected chi connectivity index (χ3v) is 3.43. The van der Waals surface area contributed by atoms with Crippen LogP contribution in [0.2, 0.25) is 5.02 Å². The SMILES string of the molecule is Cl.O=C(CN1CCC(C(=O)O)C1)Nc1cc(Cl)ccc1F. The smallest absolute Gasteiger partial charge is 0.307 e. The lowest BCUT2D eigenvalue weighted by Crippen LogP contribution is -2.32. The highest BCUT2D eigenvalue weighted by Gasteiger charge is 2.28. The Labute approximate surface area is 132 Å². The molecule has 21 heavy (non-hydrogen) atoms. The number of benzene rings is 1. The molecular weight excluding hydrogens is 322 g/mol. The van der Waals surface area contributed by atoms with E-state index in [0.29, 0.717) is 24.5 Å². The predicted octanol–water partition coefficient (Wildman–Crippen LogP) is 2.25. The summed E-state index contributed by atoms with van der Waals surface area (Å²) < 4.78 is 13.4. The number of rotatable bonds is 4. The van der Waals surface area contributed by atoms with E-state index in [1.807, 2.05) is 0 Å². The highest BCUT2D eigenvalue weighted by atomic mass is 35.5. The van der Waals surface area contributed by atoms with Gasteiger partial charge in [-0.3, -0.25) is 14.5 Å². The van der Waals surface area contributed by atoms with E-state index in [0.717, 1.165) is 0 Å². The minimum absolute atomic E-state index is 0. The highest BCUT2D eigenvalue weighted by molar-refractivity contribution is 6.30. The second-order valence-electron chi connectivity index (χ2n) is 4.73. The number of carbonyl (C=O) groups is 2. The zero-order chi connectivity index (χ0) is 14.7. The Morgan fingerprint density at radius 1 is 1.48 bits per heavy atom. The van der Waals surface area contributed by atoms with Gasteiger partial charge in [-0.05, 0) is 31.2 Å². The number of hydrogen-bond acceptors (Lipinski definition) is 3. The number of aliphatic carboxylic acids is 1. The molecule has 1 atom stereocenters. The van der Waals surface area contributed by atoms with Gasteiger partial charge in [0.2, 0.25) is 5.91 Å². The van der Waals surface area contributed by atoms with Crippen LogP contribution in [0, 0.1) is 11.7 Å². The molecule has 2 rings (SSSR count).